The maximum absolute atomic E-state index is 6.27. The van der Waals surface area contributed by atoms with Gasteiger partial charge < -0.3 is 4.43 Å². The van der Waals surface area contributed by atoms with Crippen molar-refractivity contribution in [2.75, 3.05) is 6.61 Å². The molecule has 0 heterocycles. The number of unbranched alkanes of at least 4 members (excludes halogenated alkanes) is 1. The van der Waals surface area contributed by atoms with Gasteiger partial charge in [0.1, 0.15) is 9.52 Å². The van der Waals surface area contributed by atoms with Crippen molar-refractivity contribution >= 4 is 31.8 Å². The van der Waals surface area contributed by atoms with Crippen molar-refractivity contribution in [2.45, 2.75) is 64.8 Å². The molecule has 0 saturated heterocycles. The van der Waals surface area contributed by atoms with Crippen LogP contribution in [0.15, 0.2) is 41.2 Å². The summed E-state index contributed by atoms with van der Waals surface area (Å²) in [4.78, 5) is 1.67. The Balaban J connectivity index is 2.47. The molecule has 0 spiro atoms. The molecule has 1 rings (SSSR count). The van der Waals surface area contributed by atoms with Gasteiger partial charge in [-0.1, -0.05) is 80.3 Å². The van der Waals surface area contributed by atoms with Crippen molar-refractivity contribution in [2.24, 2.45) is 0 Å². The van der Waals surface area contributed by atoms with Crippen molar-refractivity contribution in [1.29, 1.82) is 0 Å². The van der Waals surface area contributed by atoms with Crippen LogP contribution in [0.25, 0.3) is 0 Å². The third-order valence-corrected chi connectivity index (χ3v) is 13.3. The van der Waals surface area contributed by atoms with Gasteiger partial charge in [-0.15, -0.1) is 0 Å². The highest BCUT2D eigenvalue weighted by atomic mass is 28.4. The van der Waals surface area contributed by atoms with Gasteiger partial charge in [-0.05, 0) is 31.0 Å². The third kappa shape index (κ3) is 7.33. The van der Waals surface area contributed by atoms with Gasteiger partial charge in [0, 0.05) is 6.61 Å². The van der Waals surface area contributed by atoms with E-state index in [2.05, 4.69) is 83.4 Å². The van der Waals surface area contributed by atoms with Crippen LogP contribution in [0.4, 0.5) is 0 Å². The zero-order valence-electron chi connectivity index (χ0n) is 16.0. The van der Waals surface area contributed by atoms with Crippen LogP contribution in [0, 0.1) is 0 Å². The van der Waals surface area contributed by atoms with E-state index in [9.17, 15) is 0 Å². The lowest BCUT2D eigenvalue weighted by atomic mass is 10.2. The summed E-state index contributed by atoms with van der Waals surface area (Å²) in [6, 6.07) is 10.9. The summed E-state index contributed by atoms with van der Waals surface area (Å²) in [5.41, 5.74) is 0. The molecule has 1 nitrogen and oxygen atoms in total. The Morgan fingerprint density at radius 3 is 2.30 bits per heavy atom. The first-order chi connectivity index (χ1) is 10.6. The normalized spacial score (nSPS) is 13.7. The number of benzene rings is 1. The Bertz CT molecular complexity index is 487. The first kappa shape index (κ1) is 20.6. The van der Waals surface area contributed by atoms with Gasteiger partial charge in [0.15, 0.2) is 8.32 Å². The summed E-state index contributed by atoms with van der Waals surface area (Å²) < 4.78 is 6.27. The van der Waals surface area contributed by atoms with E-state index >= 15 is 0 Å². The van der Waals surface area contributed by atoms with Crippen molar-refractivity contribution in [3.05, 3.63) is 41.2 Å². The van der Waals surface area contributed by atoms with Gasteiger partial charge in [-0.2, -0.15) is 0 Å². The van der Waals surface area contributed by atoms with E-state index in [0.717, 1.165) is 29.0 Å². The van der Waals surface area contributed by atoms with Crippen LogP contribution in [0.5, 0.6) is 0 Å². The molecule has 0 saturated carbocycles. The van der Waals surface area contributed by atoms with E-state index in [-0.39, 0.29) is 8.80 Å². The second-order valence-corrected chi connectivity index (χ2v) is 17.1. The fourth-order valence-corrected chi connectivity index (χ4v) is 5.92. The highest BCUT2D eigenvalue weighted by Crippen LogP contribution is 2.36. The molecule has 1 aromatic rings. The molecular weight excluding hydrogens is 328 g/mol. The minimum Gasteiger partial charge on any atom is -0.417 e. The molecule has 3 radical (unpaired) electrons. The molecule has 1 aromatic carbocycles. The van der Waals surface area contributed by atoms with Gasteiger partial charge in [0.25, 0.3) is 0 Å². The molecule has 0 aromatic heterocycles. The smallest absolute Gasteiger partial charge is 0.191 e. The van der Waals surface area contributed by atoms with Crippen LogP contribution < -0.4 is 5.19 Å². The minimum atomic E-state index is -1.58. The summed E-state index contributed by atoms with van der Waals surface area (Å²) >= 11 is 0. The molecule has 4 heteroatoms. The van der Waals surface area contributed by atoms with Gasteiger partial charge in [-0.3, -0.25) is 0 Å². The Morgan fingerprint density at radius 1 is 1.17 bits per heavy atom. The average molecular weight is 362 g/mol. The second kappa shape index (κ2) is 9.16. The van der Waals surface area contributed by atoms with E-state index in [1.54, 1.807) is 4.82 Å². The van der Waals surface area contributed by atoms with E-state index in [4.69, 9.17) is 4.43 Å². The minimum absolute atomic E-state index is 0.311. The fraction of sp³-hybridized carbons (Fsp3) is 0.579. The van der Waals surface area contributed by atoms with Crippen molar-refractivity contribution in [3.63, 3.8) is 0 Å². The lowest BCUT2D eigenvalue weighted by Crippen LogP contribution is -2.40. The second-order valence-electron chi connectivity index (χ2n) is 7.86. The summed E-state index contributed by atoms with van der Waals surface area (Å²) in [5, 5.41) is 1.77. The van der Waals surface area contributed by atoms with Crippen molar-refractivity contribution in [3.8, 4) is 0 Å². The van der Waals surface area contributed by atoms with Gasteiger partial charge in [-0.25, -0.2) is 0 Å². The van der Waals surface area contributed by atoms with E-state index < -0.39 is 8.32 Å². The van der Waals surface area contributed by atoms with E-state index in [1.807, 2.05) is 0 Å². The lowest BCUT2D eigenvalue weighted by Gasteiger charge is -2.36. The number of hydrogen-bond acceptors (Lipinski definition) is 1. The summed E-state index contributed by atoms with van der Waals surface area (Å²) in [6.45, 7) is 17.3. The Morgan fingerprint density at radius 2 is 1.78 bits per heavy atom. The molecule has 0 aliphatic carbocycles. The monoisotopic (exact) mass is 361 g/mol. The SMILES string of the molecule is C[Si](C)/C(=C\CCCO[Si](C)(C)C(C)(C)C)[Si]c1ccccc1. The largest absolute Gasteiger partial charge is 0.417 e. The molecule has 0 fully saturated rings. The fourth-order valence-electron chi connectivity index (χ4n) is 1.93. The maximum atomic E-state index is 6.27. The standard InChI is InChI=1S/C19H33OSi3/c1-19(2,3)23(6,7)20-16-12-11-15-18(22(4)5)21-17-13-9-8-10-14-17/h8-10,13-15H,11-12,16H2,1-7H3/b18-15-. The quantitative estimate of drug-likeness (QED) is 0.468. The molecule has 0 aliphatic rings. The third-order valence-electron chi connectivity index (χ3n) is 4.56. The Kier molecular flexibility index (Phi) is 8.21. The summed E-state index contributed by atoms with van der Waals surface area (Å²) in [7, 11) is -1.10. The van der Waals surface area contributed by atoms with E-state index in [1.165, 1.54) is 5.19 Å². The van der Waals surface area contributed by atoms with Crippen LogP contribution in [0.1, 0.15) is 33.6 Å². The molecule has 0 N–H and O–H groups in total. The maximum Gasteiger partial charge on any atom is 0.191 e. The Hall–Kier alpha value is -0.429. The molecule has 0 unspecified atom stereocenters. The highest BCUT2D eigenvalue weighted by molar-refractivity contribution is 6.84. The van der Waals surface area contributed by atoms with Crippen LogP contribution in [0.3, 0.4) is 0 Å². The first-order valence-corrected chi connectivity index (χ1v) is 15.0. The molecule has 127 valence electrons. The highest BCUT2D eigenvalue weighted by Gasteiger charge is 2.36. The number of allylic oxidation sites excluding steroid dienone is 1. The van der Waals surface area contributed by atoms with Crippen LogP contribution in [-0.2, 0) is 4.43 Å². The predicted octanol–water partition coefficient (Wildman–Crippen LogP) is 5.00. The molecule has 0 amide bonds. The summed E-state index contributed by atoms with van der Waals surface area (Å²) in [6.07, 6.45) is 4.79. The van der Waals surface area contributed by atoms with Gasteiger partial charge >= 0.3 is 0 Å². The van der Waals surface area contributed by atoms with Crippen molar-refractivity contribution in [1.82, 2.24) is 0 Å². The average Bonchev–Trinajstić information content (AvgIpc) is 2.45. The van der Waals surface area contributed by atoms with Crippen molar-refractivity contribution < 1.29 is 4.43 Å². The predicted molar refractivity (Wildman–Crippen MR) is 110 cm³/mol. The Labute approximate surface area is 149 Å². The first-order valence-electron chi connectivity index (χ1n) is 8.60. The van der Waals surface area contributed by atoms with Crippen LogP contribution >= 0.6 is 0 Å². The number of rotatable bonds is 8. The topological polar surface area (TPSA) is 9.23 Å². The van der Waals surface area contributed by atoms with Gasteiger partial charge in [0.05, 0.1) is 8.80 Å². The number of hydrogen-bond donors (Lipinski definition) is 0. The molecule has 23 heavy (non-hydrogen) atoms. The molecular formula is C19H33OSi3. The van der Waals surface area contributed by atoms with Gasteiger partial charge in [0.2, 0.25) is 0 Å². The van der Waals surface area contributed by atoms with Crippen LogP contribution in [-0.4, -0.2) is 33.2 Å². The summed E-state index contributed by atoms with van der Waals surface area (Å²) in [5.74, 6) is 0. The molecule has 0 aliphatic heterocycles. The van der Waals surface area contributed by atoms with Crippen LogP contribution in [0.2, 0.25) is 31.2 Å². The molecule has 0 bridgehead atoms. The zero-order chi connectivity index (χ0) is 17.5. The zero-order valence-corrected chi connectivity index (χ0v) is 19.0. The molecule has 0 atom stereocenters. The van der Waals surface area contributed by atoms with E-state index in [0.29, 0.717) is 5.04 Å². The lowest BCUT2D eigenvalue weighted by molar-refractivity contribution is 0.283.